The third kappa shape index (κ3) is 1.79. The fourth-order valence-electron chi connectivity index (χ4n) is 2.02. The summed E-state index contributed by atoms with van der Waals surface area (Å²) in [7, 11) is 1.61. The van der Waals surface area contributed by atoms with Gasteiger partial charge in [0.15, 0.2) is 0 Å². The van der Waals surface area contributed by atoms with E-state index in [4.69, 9.17) is 4.74 Å². The Labute approximate surface area is 109 Å². The number of fused-ring (bicyclic) bond motifs is 1. The van der Waals surface area contributed by atoms with Crippen molar-refractivity contribution in [1.29, 1.82) is 5.26 Å². The Morgan fingerprint density at radius 3 is 2.68 bits per heavy atom. The van der Waals surface area contributed by atoms with E-state index in [-0.39, 0.29) is 0 Å². The summed E-state index contributed by atoms with van der Waals surface area (Å²) in [6, 6.07) is 11.3. The predicted molar refractivity (Wildman–Crippen MR) is 70.1 cm³/mol. The van der Waals surface area contributed by atoms with Crippen LogP contribution in [0, 0.1) is 11.3 Å². The second-order valence-electron chi connectivity index (χ2n) is 3.95. The summed E-state index contributed by atoms with van der Waals surface area (Å²) >= 11 is 0. The molecule has 0 aliphatic rings. The van der Waals surface area contributed by atoms with Gasteiger partial charge in [-0.1, -0.05) is 0 Å². The first kappa shape index (κ1) is 11.2. The van der Waals surface area contributed by atoms with Crippen molar-refractivity contribution in [2.45, 2.75) is 0 Å². The van der Waals surface area contributed by atoms with Crippen LogP contribution in [0.15, 0.2) is 42.7 Å². The van der Waals surface area contributed by atoms with E-state index in [9.17, 15) is 5.26 Å². The number of nitrogens with zero attached hydrogens (tertiary/aromatic N) is 4. The minimum Gasteiger partial charge on any atom is -0.497 e. The van der Waals surface area contributed by atoms with E-state index in [0.717, 1.165) is 16.7 Å². The molecule has 92 valence electrons. The molecule has 0 saturated heterocycles. The summed E-state index contributed by atoms with van der Waals surface area (Å²) in [6.45, 7) is 0. The lowest BCUT2D eigenvalue weighted by Crippen LogP contribution is -2.01. The predicted octanol–water partition coefficient (Wildman–Crippen LogP) is 2.30. The van der Waals surface area contributed by atoms with Crippen molar-refractivity contribution in [1.82, 2.24) is 14.5 Å². The molecular formula is C14H10N4O. The van der Waals surface area contributed by atoms with Gasteiger partial charge in [-0.3, -0.25) is 4.57 Å². The standard InChI is InChI=1S/C14H10N4O/c1-19-12-3-4-13-10(8-12)7-11(9-15)18(13)14-16-5-2-6-17-14/h2-8H,1H3. The van der Waals surface area contributed by atoms with Crippen LogP contribution in [0.1, 0.15) is 5.69 Å². The van der Waals surface area contributed by atoms with Crippen molar-refractivity contribution in [3.63, 3.8) is 0 Å². The van der Waals surface area contributed by atoms with Gasteiger partial charge in [-0.05, 0) is 30.3 Å². The topological polar surface area (TPSA) is 63.7 Å². The Balaban J connectivity index is 2.32. The summed E-state index contributed by atoms with van der Waals surface area (Å²) in [5.41, 5.74) is 1.37. The second-order valence-corrected chi connectivity index (χ2v) is 3.95. The van der Waals surface area contributed by atoms with Crippen molar-refractivity contribution in [2.24, 2.45) is 0 Å². The van der Waals surface area contributed by atoms with Crippen LogP contribution in [0.4, 0.5) is 0 Å². The molecule has 0 spiro atoms. The van der Waals surface area contributed by atoms with E-state index < -0.39 is 0 Å². The van der Waals surface area contributed by atoms with Crippen LogP contribution in [0.3, 0.4) is 0 Å². The zero-order valence-electron chi connectivity index (χ0n) is 10.2. The molecule has 0 fully saturated rings. The fraction of sp³-hybridized carbons (Fsp3) is 0.0714. The third-order valence-electron chi connectivity index (χ3n) is 2.88. The minimum absolute atomic E-state index is 0.485. The van der Waals surface area contributed by atoms with Crippen molar-refractivity contribution < 1.29 is 4.74 Å². The molecule has 5 heteroatoms. The van der Waals surface area contributed by atoms with Gasteiger partial charge in [-0.15, -0.1) is 0 Å². The molecular weight excluding hydrogens is 240 g/mol. The number of aromatic nitrogens is 3. The summed E-state index contributed by atoms with van der Waals surface area (Å²) in [4.78, 5) is 8.38. The van der Waals surface area contributed by atoms with Crippen molar-refractivity contribution >= 4 is 10.9 Å². The maximum Gasteiger partial charge on any atom is 0.235 e. The molecule has 19 heavy (non-hydrogen) atoms. The SMILES string of the molecule is COc1ccc2c(c1)cc(C#N)n2-c1ncccn1. The Kier molecular flexibility index (Phi) is 2.62. The number of hydrogen-bond donors (Lipinski definition) is 0. The number of hydrogen-bond acceptors (Lipinski definition) is 4. The lowest BCUT2D eigenvalue weighted by molar-refractivity contribution is 0.415. The fourth-order valence-corrected chi connectivity index (χ4v) is 2.02. The molecule has 0 N–H and O–H groups in total. The highest BCUT2D eigenvalue weighted by Crippen LogP contribution is 2.26. The van der Waals surface area contributed by atoms with Gasteiger partial charge < -0.3 is 4.74 Å². The average Bonchev–Trinajstić information content (AvgIpc) is 2.85. The normalized spacial score (nSPS) is 10.3. The first-order valence-electron chi connectivity index (χ1n) is 5.70. The number of nitriles is 1. The summed E-state index contributed by atoms with van der Waals surface area (Å²) in [6.07, 6.45) is 3.30. The molecule has 2 heterocycles. The molecule has 5 nitrogen and oxygen atoms in total. The molecule has 0 aliphatic carbocycles. The first-order chi connectivity index (χ1) is 9.33. The smallest absolute Gasteiger partial charge is 0.235 e. The highest BCUT2D eigenvalue weighted by Gasteiger charge is 2.12. The van der Waals surface area contributed by atoms with Gasteiger partial charge in [0.2, 0.25) is 5.95 Å². The van der Waals surface area contributed by atoms with Gasteiger partial charge in [0.1, 0.15) is 17.5 Å². The average molecular weight is 250 g/mol. The van der Waals surface area contributed by atoms with Crippen LogP contribution in [-0.2, 0) is 0 Å². The highest BCUT2D eigenvalue weighted by atomic mass is 16.5. The third-order valence-corrected chi connectivity index (χ3v) is 2.88. The van der Waals surface area contributed by atoms with Gasteiger partial charge in [-0.25, -0.2) is 9.97 Å². The molecule has 0 unspecified atom stereocenters. The molecule has 0 radical (unpaired) electrons. The summed E-state index contributed by atoms with van der Waals surface area (Å²) < 4.78 is 6.92. The van der Waals surface area contributed by atoms with Crippen LogP contribution in [0.25, 0.3) is 16.9 Å². The van der Waals surface area contributed by atoms with Crippen LogP contribution in [0.2, 0.25) is 0 Å². The zero-order chi connectivity index (χ0) is 13.2. The molecule has 3 rings (SSSR count). The van der Waals surface area contributed by atoms with E-state index in [1.54, 1.807) is 36.2 Å². The Bertz CT molecular complexity index is 771. The maximum absolute atomic E-state index is 9.25. The summed E-state index contributed by atoms with van der Waals surface area (Å²) in [5, 5.41) is 10.2. The van der Waals surface area contributed by atoms with Gasteiger partial charge in [0.05, 0.1) is 12.6 Å². The number of ether oxygens (including phenoxy) is 1. The monoisotopic (exact) mass is 250 g/mol. The molecule has 2 aromatic heterocycles. The number of benzene rings is 1. The molecule has 0 atom stereocenters. The van der Waals surface area contributed by atoms with E-state index in [0.29, 0.717) is 11.6 Å². The largest absolute Gasteiger partial charge is 0.497 e. The minimum atomic E-state index is 0.485. The highest BCUT2D eigenvalue weighted by molar-refractivity contribution is 5.85. The molecule has 0 aliphatic heterocycles. The maximum atomic E-state index is 9.25. The zero-order valence-corrected chi connectivity index (χ0v) is 10.2. The molecule has 1 aromatic carbocycles. The van der Waals surface area contributed by atoms with E-state index in [1.165, 1.54) is 0 Å². The van der Waals surface area contributed by atoms with Crippen molar-refractivity contribution in [2.75, 3.05) is 7.11 Å². The van der Waals surface area contributed by atoms with Gasteiger partial charge in [0.25, 0.3) is 0 Å². The number of methoxy groups -OCH3 is 1. The van der Waals surface area contributed by atoms with Crippen molar-refractivity contribution in [3.05, 3.63) is 48.4 Å². The molecule has 0 saturated carbocycles. The number of rotatable bonds is 2. The Morgan fingerprint density at radius 2 is 2.00 bits per heavy atom. The van der Waals surface area contributed by atoms with E-state index in [2.05, 4.69) is 16.0 Å². The second kappa shape index (κ2) is 4.42. The lowest BCUT2D eigenvalue weighted by Gasteiger charge is -2.04. The van der Waals surface area contributed by atoms with Gasteiger partial charge in [0, 0.05) is 17.8 Å². The lowest BCUT2D eigenvalue weighted by atomic mass is 10.2. The first-order valence-corrected chi connectivity index (χ1v) is 5.70. The summed E-state index contributed by atoms with van der Waals surface area (Å²) in [5.74, 6) is 1.24. The van der Waals surface area contributed by atoms with E-state index in [1.807, 2.05) is 18.2 Å². The Hall–Kier alpha value is -2.87. The quantitative estimate of drug-likeness (QED) is 0.700. The van der Waals surface area contributed by atoms with Crippen LogP contribution in [-0.4, -0.2) is 21.6 Å². The van der Waals surface area contributed by atoms with Gasteiger partial charge in [-0.2, -0.15) is 5.26 Å². The van der Waals surface area contributed by atoms with E-state index >= 15 is 0 Å². The van der Waals surface area contributed by atoms with Crippen LogP contribution >= 0.6 is 0 Å². The van der Waals surface area contributed by atoms with Crippen molar-refractivity contribution in [3.8, 4) is 17.8 Å². The molecule has 0 bridgehead atoms. The molecule has 3 aromatic rings. The molecule has 0 amide bonds. The van der Waals surface area contributed by atoms with Crippen LogP contribution in [0.5, 0.6) is 5.75 Å². The Morgan fingerprint density at radius 1 is 1.21 bits per heavy atom. The van der Waals surface area contributed by atoms with Crippen LogP contribution < -0.4 is 4.74 Å². The van der Waals surface area contributed by atoms with Gasteiger partial charge >= 0.3 is 0 Å².